The summed E-state index contributed by atoms with van der Waals surface area (Å²) in [6.45, 7) is 6.55. The van der Waals surface area contributed by atoms with Crippen molar-refractivity contribution >= 4 is 0 Å². The summed E-state index contributed by atoms with van der Waals surface area (Å²) in [5.74, 6) is 1.24. The van der Waals surface area contributed by atoms with Gasteiger partial charge in [0.15, 0.2) is 6.29 Å². The number of hydrogen-bond acceptors (Lipinski definition) is 2. The Balaban J connectivity index is 2.51. The quantitative estimate of drug-likeness (QED) is 0.581. The molecule has 1 heterocycles. The molecule has 66 valence electrons. The monoisotopic (exact) mass is 158 g/mol. The molecular formula is C9H18O2. The molecule has 0 N–H and O–H groups in total. The lowest BCUT2D eigenvalue weighted by atomic mass is 9.88. The maximum absolute atomic E-state index is 5.60. The third-order valence-corrected chi connectivity index (χ3v) is 2.63. The smallest absolute Gasteiger partial charge is 0.160 e. The summed E-state index contributed by atoms with van der Waals surface area (Å²) in [5, 5.41) is 0. The number of hydrogen-bond donors (Lipinski definition) is 0. The van der Waals surface area contributed by atoms with Crippen LogP contribution in [-0.2, 0) is 9.47 Å². The molecule has 0 spiro atoms. The molecule has 0 aromatic rings. The number of ether oxygens (including phenoxy) is 2. The van der Waals surface area contributed by atoms with E-state index in [1.54, 1.807) is 7.11 Å². The van der Waals surface area contributed by atoms with E-state index < -0.39 is 0 Å². The second kappa shape index (κ2) is 3.55. The van der Waals surface area contributed by atoms with Gasteiger partial charge in [0.25, 0.3) is 0 Å². The van der Waals surface area contributed by atoms with Crippen molar-refractivity contribution in [2.24, 2.45) is 11.8 Å². The SMILES string of the molecule is CO[C@H]1OC(C)CC(C)[C@@H]1C. The molecule has 1 fully saturated rings. The minimum absolute atomic E-state index is 0.00810. The van der Waals surface area contributed by atoms with Crippen molar-refractivity contribution in [3.8, 4) is 0 Å². The van der Waals surface area contributed by atoms with Crippen LogP contribution in [0, 0.1) is 11.8 Å². The largest absolute Gasteiger partial charge is 0.356 e. The van der Waals surface area contributed by atoms with E-state index in [0.29, 0.717) is 17.9 Å². The maximum atomic E-state index is 5.60. The Morgan fingerprint density at radius 1 is 1.27 bits per heavy atom. The highest BCUT2D eigenvalue weighted by Crippen LogP contribution is 2.29. The van der Waals surface area contributed by atoms with Gasteiger partial charge in [0.2, 0.25) is 0 Å². The predicted octanol–water partition coefficient (Wildman–Crippen LogP) is 2.04. The molecular weight excluding hydrogens is 140 g/mol. The molecule has 0 bridgehead atoms. The maximum Gasteiger partial charge on any atom is 0.160 e. The van der Waals surface area contributed by atoms with Crippen molar-refractivity contribution in [1.29, 1.82) is 0 Å². The van der Waals surface area contributed by atoms with Crippen molar-refractivity contribution in [3.63, 3.8) is 0 Å². The normalized spacial score (nSPS) is 45.8. The molecule has 1 rings (SSSR count). The van der Waals surface area contributed by atoms with Crippen LogP contribution in [0.4, 0.5) is 0 Å². The van der Waals surface area contributed by atoms with Gasteiger partial charge < -0.3 is 9.47 Å². The third-order valence-electron chi connectivity index (χ3n) is 2.63. The standard InChI is InChI=1S/C9H18O2/c1-6-5-7(2)11-9(10-4)8(6)3/h6-9H,5H2,1-4H3/t6?,7?,8-,9-/m0/s1. The number of rotatable bonds is 1. The zero-order valence-corrected chi connectivity index (χ0v) is 7.83. The van der Waals surface area contributed by atoms with Crippen molar-refractivity contribution < 1.29 is 9.47 Å². The van der Waals surface area contributed by atoms with Crippen molar-refractivity contribution in [1.82, 2.24) is 0 Å². The molecule has 11 heavy (non-hydrogen) atoms. The summed E-state index contributed by atoms with van der Waals surface area (Å²) in [5.41, 5.74) is 0. The van der Waals surface area contributed by atoms with E-state index in [2.05, 4.69) is 20.8 Å². The Hall–Kier alpha value is -0.0800. The second-order valence-corrected chi connectivity index (χ2v) is 3.62. The first kappa shape index (κ1) is 9.01. The summed E-state index contributed by atoms with van der Waals surface area (Å²) in [6.07, 6.45) is 1.51. The van der Waals surface area contributed by atoms with Gasteiger partial charge in [0.1, 0.15) is 0 Å². The Morgan fingerprint density at radius 3 is 2.45 bits per heavy atom. The molecule has 2 nitrogen and oxygen atoms in total. The van der Waals surface area contributed by atoms with E-state index in [1.165, 1.54) is 0 Å². The zero-order valence-electron chi connectivity index (χ0n) is 7.83. The molecule has 0 amide bonds. The molecule has 1 aliphatic heterocycles. The van der Waals surface area contributed by atoms with Crippen LogP contribution < -0.4 is 0 Å². The van der Waals surface area contributed by atoms with Gasteiger partial charge in [-0.15, -0.1) is 0 Å². The topological polar surface area (TPSA) is 18.5 Å². The van der Waals surface area contributed by atoms with E-state index in [1.807, 2.05) is 0 Å². The fraction of sp³-hybridized carbons (Fsp3) is 1.00. The van der Waals surface area contributed by atoms with Crippen LogP contribution in [0.1, 0.15) is 27.2 Å². The van der Waals surface area contributed by atoms with Gasteiger partial charge in [-0.1, -0.05) is 13.8 Å². The van der Waals surface area contributed by atoms with Crippen LogP contribution in [0.2, 0.25) is 0 Å². The molecule has 0 saturated carbocycles. The highest BCUT2D eigenvalue weighted by Gasteiger charge is 2.31. The molecule has 0 aromatic heterocycles. The Labute approximate surface area is 68.9 Å². The van der Waals surface area contributed by atoms with Gasteiger partial charge in [0.05, 0.1) is 6.10 Å². The van der Waals surface area contributed by atoms with Crippen LogP contribution in [0.15, 0.2) is 0 Å². The Kier molecular flexibility index (Phi) is 2.90. The van der Waals surface area contributed by atoms with Gasteiger partial charge in [-0.2, -0.15) is 0 Å². The van der Waals surface area contributed by atoms with E-state index in [-0.39, 0.29) is 6.29 Å². The van der Waals surface area contributed by atoms with Crippen LogP contribution in [-0.4, -0.2) is 19.5 Å². The summed E-state index contributed by atoms with van der Waals surface area (Å²) in [4.78, 5) is 0. The van der Waals surface area contributed by atoms with Gasteiger partial charge >= 0.3 is 0 Å². The van der Waals surface area contributed by atoms with Crippen molar-refractivity contribution in [2.75, 3.05) is 7.11 Å². The van der Waals surface area contributed by atoms with Gasteiger partial charge in [-0.25, -0.2) is 0 Å². The summed E-state index contributed by atoms with van der Waals surface area (Å²) in [6, 6.07) is 0. The number of methoxy groups -OCH3 is 1. The molecule has 0 radical (unpaired) electrons. The summed E-state index contributed by atoms with van der Waals surface area (Å²) in [7, 11) is 1.71. The second-order valence-electron chi connectivity index (χ2n) is 3.62. The first-order valence-corrected chi connectivity index (χ1v) is 4.33. The van der Waals surface area contributed by atoms with Gasteiger partial charge in [-0.05, 0) is 19.3 Å². The summed E-state index contributed by atoms with van der Waals surface area (Å²) >= 11 is 0. The van der Waals surface area contributed by atoms with E-state index in [4.69, 9.17) is 9.47 Å². The fourth-order valence-electron chi connectivity index (χ4n) is 1.69. The highest BCUT2D eigenvalue weighted by atomic mass is 16.7. The molecule has 0 aromatic carbocycles. The third kappa shape index (κ3) is 1.94. The minimum atomic E-state index is 0.00810. The highest BCUT2D eigenvalue weighted by molar-refractivity contribution is 4.74. The van der Waals surface area contributed by atoms with Crippen molar-refractivity contribution in [2.45, 2.75) is 39.6 Å². The molecule has 1 saturated heterocycles. The Morgan fingerprint density at radius 2 is 1.91 bits per heavy atom. The lowest BCUT2D eigenvalue weighted by molar-refractivity contribution is -0.214. The lowest BCUT2D eigenvalue weighted by Gasteiger charge is -2.36. The minimum Gasteiger partial charge on any atom is -0.356 e. The van der Waals surface area contributed by atoms with E-state index >= 15 is 0 Å². The van der Waals surface area contributed by atoms with Crippen LogP contribution in [0.3, 0.4) is 0 Å². The predicted molar refractivity (Wildman–Crippen MR) is 44.3 cm³/mol. The lowest BCUT2D eigenvalue weighted by Crippen LogP contribution is -2.38. The van der Waals surface area contributed by atoms with Gasteiger partial charge in [0, 0.05) is 13.0 Å². The Bertz CT molecular complexity index is 125. The van der Waals surface area contributed by atoms with Gasteiger partial charge in [-0.3, -0.25) is 0 Å². The van der Waals surface area contributed by atoms with E-state index in [9.17, 15) is 0 Å². The fourth-order valence-corrected chi connectivity index (χ4v) is 1.69. The van der Waals surface area contributed by atoms with Crippen LogP contribution >= 0.6 is 0 Å². The molecule has 2 unspecified atom stereocenters. The average Bonchev–Trinajstić information content (AvgIpc) is 1.96. The average molecular weight is 158 g/mol. The molecule has 1 aliphatic rings. The van der Waals surface area contributed by atoms with Crippen LogP contribution in [0.5, 0.6) is 0 Å². The first-order valence-electron chi connectivity index (χ1n) is 4.33. The zero-order chi connectivity index (χ0) is 8.43. The molecule has 4 atom stereocenters. The summed E-state index contributed by atoms with van der Waals surface area (Å²) < 4.78 is 10.8. The first-order chi connectivity index (χ1) is 5.15. The van der Waals surface area contributed by atoms with Crippen molar-refractivity contribution in [3.05, 3.63) is 0 Å². The van der Waals surface area contributed by atoms with E-state index in [0.717, 1.165) is 6.42 Å². The molecule has 0 aliphatic carbocycles. The van der Waals surface area contributed by atoms with Crippen LogP contribution in [0.25, 0.3) is 0 Å². The molecule has 2 heteroatoms.